The number of nitrogen functional groups attached to an aromatic ring is 1. The number of phenols is 1. The molecule has 1 aromatic carbocycles. The quantitative estimate of drug-likeness (QED) is 0.558. The minimum Gasteiger partial charge on any atom is -0.505 e. The SMILES string of the molecule is CC(C)(C)OC(=O)N1CCCc2c1ccc(N)c2O. The molecule has 5 heteroatoms. The van der Waals surface area contributed by atoms with Gasteiger partial charge in [-0.25, -0.2) is 4.79 Å². The van der Waals surface area contributed by atoms with E-state index in [0.717, 1.165) is 12.0 Å². The second kappa shape index (κ2) is 4.64. The highest BCUT2D eigenvalue weighted by Crippen LogP contribution is 2.37. The summed E-state index contributed by atoms with van der Waals surface area (Å²) >= 11 is 0. The van der Waals surface area contributed by atoms with Crippen molar-refractivity contribution in [2.24, 2.45) is 0 Å². The molecule has 5 nitrogen and oxygen atoms in total. The van der Waals surface area contributed by atoms with E-state index in [2.05, 4.69) is 0 Å². The standard InChI is InChI=1S/C14H20N2O3/c1-14(2,3)19-13(18)16-8-4-5-9-11(16)7-6-10(15)12(9)17/h6-7,17H,4-5,8,15H2,1-3H3. The van der Waals surface area contributed by atoms with Crippen molar-refractivity contribution >= 4 is 17.5 Å². The van der Waals surface area contributed by atoms with E-state index in [1.807, 2.05) is 20.8 Å². The van der Waals surface area contributed by atoms with Gasteiger partial charge in [-0.2, -0.15) is 0 Å². The van der Waals surface area contributed by atoms with Crippen LogP contribution in [0.25, 0.3) is 0 Å². The Hall–Kier alpha value is -1.91. The lowest BCUT2D eigenvalue weighted by atomic mass is 10.00. The van der Waals surface area contributed by atoms with Crippen LogP contribution < -0.4 is 10.6 Å². The number of hydrogen-bond donors (Lipinski definition) is 2. The molecule has 1 heterocycles. The zero-order valence-electron chi connectivity index (χ0n) is 11.6. The van der Waals surface area contributed by atoms with Gasteiger partial charge < -0.3 is 15.6 Å². The Bertz CT molecular complexity index is 506. The van der Waals surface area contributed by atoms with Gasteiger partial charge in [0.2, 0.25) is 0 Å². The molecule has 0 saturated heterocycles. The third-order valence-corrected chi connectivity index (χ3v) is 3.00. The Kier molecular flexibility index (Phi) is 3.30. The molecule has 1 aromatic rings. The molecule has 0 radical (unpaired) electrons. The fourth-order valence-corrected chi connectivity index (χ4v) is 2.18. The second-order valence-electron chi connectivity index (χ2n) is 5.74. The van der Waals surface area contributed by atoms with Gasteiger partial charge in [-0.1, -0.05) is 0 Å². The monoisotopic (exact) mass is 264 g/mol. The maximum absolute atomic E-state index is 12.2. The van der Waals surface area contributed by atoms with Crippen molar-refractivity contribution in [1.29, 1.82) is 0 Å². The highest BCUT2D eigenvalue weighted by molar-refractivity contribution is 5.91. The molecule has 0 aliphatic carbocycles. The van der Waals surface area contributed by atoms with Crippen molar-refractivity contribution in [1.82, 2.24) is 0 Å². The molecule has 0 aromatic heterocycles. The van der Waals surface area contributed by atoms with Crippen LogP contribution in [0.5, 0.6) is 5.75 Å². The number of benzene rings is 1. The lowest BCUT2D eigenvalue weighted by Gasteiger charge is -2.32. The lowest BCUT2D eigenvalue weighted by Crippen LogP contribution is -2.39. The van der Waals surface area contributed by atoms with Crippen LogP contribution in [-0.4, -0.2) is 23.3 Å². The van der Waals surface area contributed by atoms with Crippen LogP contribution >= 0.6 is 0 Å². The van der Waals surface area contributed by atoms with Crippen molar-refractivity contribution in [3.8, 4) is 5.75 Å². The molecule has 0 bridgehead atoms. The Morgan fingerprint density at radius 1 is 1.42 bits per heavy atom. The number of rotatable bonds is 0. The van der Waals surface area contributed by atoms with E-state index in [1.54, 1.807) is 17.0 Å². The van der Waals surface area contributed by atoms with Crippen molar-refractivity contribution in [2.75, 3.05) is 17.2 Å². The number of aromatic hydroxyl groups is 1. The maximum atomic E-state index is 12.2. The molecule has 3 N–H and O–H groups in total. The van der Waals surface area contributed by atoms with Gasteiger partial charge in [-0.15, -0.1) is 0 Å². The minimum absolute atomic E-state index is 0.0748. The smallest absolute Gasteiger partial charge is 0.414 e. The summed E-state index contributed by atoms with van der Waals surface area (Å²) < 4.78 is 5.38. The molecule has 1 aliphatic heterocycles. The first-order valence-electron chi connectivity index (χ1n) is 6.40. The van der Waals surface area contributed by atoms with Crippen LogP contribution in [0.3, 0.4) is 0 Å². The first kappa shape index (κ1) is 13.5. The first-order chi connectivity index (χ1) is 8.79. The molecule has 0 spiro atoms. The zero-order chi connectivity index (χ0) is 14.2. The van der Waals surface area contributed by atoms with Crippen LogP contribution in [-0.2, 0) is 11.2 Å². The summed E-state index contributed by atoms with van der Waals surface area (Å²) in [4.78, 5) is 13.7. The van der Waals surface area contributed by atoms with Gasteiger partial charge in [0.15, 0.2) is 0 Å². The van der Waals surface area contributed by atoms with Crippen LogP contribution in [0.15, 0.2) is 12.1 Å². The highest BCUT2D eigenvalue weighted by Gasteiger charge is 2.28. The molecule has 2 rings (SSSR count). The Labute approximate surface area is 113 Å². The third-order valence-electron chi connectivity index (χ3n) is 3.00. The molecule has 0 atom stereocenters. The number of nitrogens with zero attached hydrogens (tertiary/aromatic N) is 1. The van der Waals surface area contributed by atoms with Crippen molar-refractivity contribution in [2.45, 2.75) is 39.2 Å². The van der Waals surface area contributed by atoms with E-state index >= 15 is 0 Å². The predicted molar refractivity (Wildman–Crippen MR) is 74.4 cm³/mol. The molecule has 0 fully saturated rings. The maximum Gasteiger partial charge on any atom is 0.414 e. The predicted octanol–water partition coefficient (Wildman–Crippen LogP) is 2.66. The van der Waals surface area contributed by atoms with Crippen molar-refractivity contribution in [3.05, 3.63) is 17.7 Å². The summed E-state index contributed by atoms with van der Waals surface area (Å²) in [6, 6.07) is 3.37. The molecule has 19 heavy (non-hydrogen) atoms. The van der Waals surface area contributed by atoms with Gasteiger partial charge in [-0.3, -0.25) is 4.90 Å². The van der Waals surface area contributed by atoms with Gasteiger partial charge in [0.1, 0.15) is 11.4 Å². The number of phenolic OH excluding ortho intramolecular Hbond substituents is 1. The van der Waals surface area contributed by atoms with Gasteiger partial charge in [0.25, 0.3) is 0 Å². The number of nitrogens with two attached hydrogens (primary N) is 1. The fourth-order valence-electron chi connectivity index (χ4n) is 2.18. The van der Waals surface area contributed by atoms with E-state index in [-0.39, 0.29) is 5.75 Å². The van der Waals surface area contributed by atoms with Gasteiger partial charge in [-0.05, 0) is 45.7 Å². The second-order valence-corrected chi connectivity index (χ2v) is 5.74. The van der Waals surface area contributed by atoms with Gasteiger partial charge >= 0.3 is 6.09 Å². The van der Waals surface area contributed by atoms with E-state index in [4.69, 9.17) is 10.5 Å². The molecule has 0 unspecified atom stereocenters. The zero-order valence-corrected chi connectivity index (χ0v) is 11.6. The lowest BCUT2D eigenvalue weighted by molar-refractivity contribution is 0.0578. The van der Waals surface area contributed by atoms with Gasteiger partial charge in [0.05, 0.1) is 11.4 Å². The first-order valence-corrected chi connectivity index (χ1v) is 6.40. The number of amides is 1. The molecule has 0 saturated carbocycles. The Morgan fingerprint density at radius 2 is 2.11 bits per heavy atom. The average Bonchev–Trinajstić information content (AvgIpc) is 2.31. The number of carbonyl (C=O) groups is 1. The molecular weight excluding hydrogens is 244 g/mol. The summed E-state index contributed by atoms with van der Waals surface area (Å²) in [7, 11) is 0. The number of anilines is 2. The largest absolute Gasteiger partial charge is 0.505 e. The summed E-state index contributed by atoms with van der Waals surface area (Å²) in [6.45, 7) is 6.08. The van der Waals surface area contributed by atoms with Crippen LogP contribution in [0.2, 0.25) is 0 Å². The molecule has 1 amide bonds. The van der Waals surface area contributed by atoms with E-state index in [0.29, 0.717) is 24.3 Å². The van der Waals surface area contributed by atoms with E-state index in [9.17, 15) is 9.90 Å². The van der Waals surface area contributed by atoms with Crippen LogP contribution in [0.4, 0.5) is 16.2 Å². The van der Waals surface area contributed by atoms with E-state index < -0.39 is 11.7 Å². The summed E-state index contributed by atoms with van der Waals surface area (Å²) in [5.74, 6) is 0.0748. The topological polar surface area (TPSA) is 75.8 Å². The summed E-state index contributed by atoms with van der Waals surface area (Å²) in [5.41, 5.74) is 6.89. The van der Waals surface area contributed by atoms with E-state index in [1.165, 1.54) is 0 Å². The molecule has 104 valence electrons. The van der Waals surface area contributed by atoms with Crippen LogP contribution in [0.1, 0.15) is 32.8 Å². The molecule has 1 aliphatic rings. The van der Waals surface area contributed by atoms with Crippen molar-refractivity contribution in [3.63, 3.8) is 0 Å². The number of fused-ring (bicyclic) bond motifs is 1. The Balaban J connectivity index is 2.33. The van der Waals surface area contributed by atoms with Crippen molar-refractivity contribution < 1.29 is 14.6 Å². The third kappa shape index (κ3) is 2.75. The number of ether oxygens (including phenoxy) is 1. The minimum atomic E-state index is -0.537. The Morgan fingerprint density at radius 3 is 2.74 bits per heavy atom. The summed E-state index contributed by atoms with van der Waals surface area (Å²) in [6.07, 6.45) is 1.10. The number of hydrogen-bond acceptors (Lipinski definition) is 4. The number of carbonyl (C=O) groups excluding carboxylic acids is 1. The summed E-state index contributed by atoms with van der Waals surface area (Å²) in [5, 5.41) is 9.97. The van der Waals surface area contributed by atoms with Crippen LogP contribution in [0, 0.1) is 0 Å². The molecular formula is C14H20N2O3. The fraction of sp³-hybridized carbons (Fsp3) is 0.500. The highest BCUT2D eigenvalue weighted by atomic mass is 16.6. The van der Waals surface area contributed by atoms with Gasteiger partial charge in [0, 0.05) is 12.1 Å². The normalized spacial score (nSPS) is 15.0. The average molecular weight is 264 g/mol.